The minimum atomic E-state index is -4.58. The van der Waals surface area contributed by atoms with Crippen LogP contribution in [-0.4, -0.2) is 50.6 Å². The Morgan fingerprint density at radius 2 is 1.77 bits per heavy atom. The van der Waals surface area contributed by atoms with Crippen molar-refractivity contribution in [3.63, 3.8) is 0 Å². The van der Waals surface area contributed by atoms with Crippen molar-refractivity contribution in [1.29, 1.82) is 0 Å². The molecule has 2 heterocycles. The van der Waals surface area contributed by atoms with Gasteiger partial charge >= 0.3 is 18.1 Å². The number of benzene rings is 1. The van der Waals surface area contributed by atoms with Gasteiger partial charge in [0, 0.05) is 18.2 Å². The van der Waals surface area contributed by atoms with E-state index in [9.17, 15) is 27.6 Å². The standard InChI is InChI=1S/C19H20F3NO7/c1-18(2,3)17(26)30-9-29-16(25)11-6-23(7-19(20,21)22)12-5-14-13(27-8-28-14)4-10(12)15(11)24/h4-5,11H,6-9H2,1-3H3. The predicted molar refractivity (Wildman–Crippen MR) is 95.2 cm³/mol. The number of Topliss-reactive ketones (excluding diaryl/α,β-unsaturated/α-hetero) is 1. The molecule has 30 heavy (non-hydrogen) atoms. The lowest BCUT2D eigenvalue weighted by atomic mass is 9.90. The fraction of sp³-hybridized carbons (Fsp3) is 0.526. The van der Waals surface area contributed by atoms with E-state index in [1.165, 1.54) is 12.1 Å². The van der Waals surface area contributed by atoms with Crippen molar-refractivity contribution in [1.82, 2.24) is 0 Å². The zero-order valence-corrected chi connectivity index (χ0v) is 16.5. The molecule has 1 atom stereocenters. The largest absolute Gasteiger partial charge is 0.454 e. The zero-order valence-electron chi connectivity index (χ0n) is 16.5. The quantitative estimate of drug-likeness (QED) is 0.408. The van der Waals surface area contributed by atoms with Crippen LogP contribution in [-0.2, 0) is 19.1 Å². The van der Waals surface area contributed by atoms with Crippen LogP contribution in [0.4, 0.5) is 18.9 Å². The van der Waals surface area contributed by atoms with Gasteiger partial charge in [0.2, 0.25) is 13.6 Å². The number of anilines is 1. The number of ether oxygens (including phenoxy) is 4. The highest BCUT2D eigenvalue weighted by Gasteiger charge is 2.43. The highest BCUT2D eigenvalue weighted by Crippen LogP contribution is 2.42. The summed E-state index contributed by atoms with van der Waals surface area (Å²) in [5.74, 6) is -3.55. The van der Waals surface area contributed by atoms with Gasteiger partial charge in [0.05, 0.1) is 11.1 Å². The summed E-state index contributed by atoms with van der Waals surface area (Å²) in [6.07, 6.45) is -4.58. The van der Waals surface area contributed by atoms with E-state index >= 15 is 0 Å². The number of hydrogen-bond acceptors (Lipinski definition) is 8. The molecule has 0 aliphatic carbocycles. The average Bonchev–Trinajstić information content (AvgIpc) is 3.08. The van der Waals surface area contributed by atoms with Gasteiger partial charge < -0.3 is 23.8 Å². The molecule has 8 nitrogen and oxygen atoms in total. The van der Waals surface area contributed by atoms with Gasteiger partial charge in [0.15, 0.2) is 17.3 Å². The molecule has 164 valence electrons. The smallest absolute Gasteiger partial charge is 0.405 e. The highest BCUT2D eigenvalue weighted by atomic mass is 19.4. The Kier molecular flexibility index (Phi) is 5.57. The van der Waals surface area contributed by atoms with E-state index in [1.807, 2.05) is 0 Å². The second-order valence-electron chi connectivity index (χ2n) is 7.90. The van der Waals surface area contributed by atoms with Crippen molar-refractivity contribution in [2.24, 2.45) is 11.3 Å². The molecule has 0 aromatic heterocycles. The van der Waals surface area contributed by atoms with Gasteiger partial charge in [-0.25, -0.2) is 0 Å². The Labute approximate surface area is 169 Å². The van der Waals surface area contributed by atoms with Crippen molar-refractivity contribution in [2.45, 2.75) is 26.9 Å². The third-order valence-corrected chi connectivity index (χ3v) is 4.47. The summed E-state index contributed by atoms with van der Waals surface area (Å²) in [4.78, 5) is 37.8. The van der Waals surface area contributed by atoms with Gasteiger partial charge in [-0.15, -0.1) is 0 Å². The van der Waals surface area contributed by atoms with E-state index in [-0.39, 0.29) is 29.5 Å². The molecule has 2 aliphatic rings. The molecule has 1 unspecified atom stereocenters. The summed E-state index contributed by atoms with van der Waals surface area (Å²) in [5.41, 5.74) is -0.953. The number of hydrogen-bond donors (Lipinski definition) is 0. The number of nitrogens with zero attached hydrogens (tertiary/aromatic N) is 1. The normalized spacial score (nSPS) is 18.1. The summed E-state index contributed by atoms with van der Waals surface area (Å²) in [5, 5.41) is 0. The molecule has 0 N–H and O–H groups in total. The number of alkyl halides is 3. The molecule has 0 bridgehead atoms. The Morgan fingerprint density at radius 3 is 2.37 bits per heavy atom. The maximum absolute atomic E-state index is 13.1. The summed E-state index contributed by atoms with van der Waals surface area (Å²) in [6.45, 7) is 1.99. The van der Waals surface area contributed by atoms with Crippen LogP contribution in [0.1, 0.15) is 31.1 Å². The summed E-state index contributed by atoms with van der Waals surface area (Å²) in [7, 11) is 0. The molecule has 0 radical (unpaired) electrons. The third kappa shape index (κ3) is 4.60. The van der Waals surface area contributed by atoms with Crippen LogP contribution in [0.3, 0.4) is 0 Å². The van der Waals surface area contributed by atoms with Gasteiger partial charge in [-0.05, 0) is 26.8 Å². The molecule has 11 heteroatoms. The predicted octanol–water partition coefficient (Wildman–Crippen LogP) is 2.69. The van der Waals surface area contributed by atoms with Gasteiger partial charge in [-0.3, -0.25) is 14.4 Å². The van der Waals surface area contributed by atoms with E-state index in [4.69, 9.17) is 18.9 Å². The second kappa shape index (κ2) is 7.69. The summed E-state index contributed by atoms with van der Waals surface area (Å²) < 4.78 is 59.2. The van der Waals surface area contributed by atoms with Gasteiger partial charge in [-0.2, -0.15) is 13.2 Å². The fourth-order valence-electron chi connectivity index (χ4n) is 2.99. The maximum atomic E-state index is 13.1. The van der Waals surface area contributed by atoms with Crippen LogP contribution in [0.15, 0.2) is 12.1 Å². The first-order chi connectivity index (χ1) is 13.9. The van der Waals surface area contributed by atoms with Crippen molar-refractivity contribution >= 4 is 23.4 Å². The lowest BCUT2D eigenvalue weighted by Crippen LogP contribution is -2.47. The Balaban J connectivity index is 1.80. The average molecular weight is 431 g/mol. The van der Waals surface area contributed by atoms with Crippen LogP contribution < -0.4 is 14.4 Å². The molecule has 0 spiro atoms. The van der Waals surface area contributed by atoms with Gasteiger partial charge in [0.1, 0.15) is 12.5 Å². The SMILES string of the molecule is CC(C)(C)C(=O)OCOC(=O)C1CN(CC(F)(F)F)c2cc3c(cc2C1=O)OCO3. The monoisotopic (exact) mass is 431 g/mol. The lowest BCUT2D eigenvalue weighted by molar-refractivity contribution is -0.174. The van der Waals surface area contributed by atoms with E-state index in [0.717, 1.165) is 4.90 Å². The second-order valence-corrected chi connectivity index (χ2v) is 7.90. The minimum Gasteiger partial charge on any atom is -0.454 e. The maximum Gasteiger partial charge on any atom is 0.405 e. The van der Waals surface area contributed by atoms with Gasteiger partial charge in [0.25, 0.3) is 0 Å². The van der Waals surface area contributed by atoms with Crippen LogP contribution in [0, 0.1) is 11.3 Å². The van der Waals surface area contributed by atoms with E-state index in [0.29, 0.717) is 0 Å². The van der Waals surface area contributed by atoms with E-state index in [1.54, 1.807) is 20.8 Å². The highest BCUT2D eigenvalue weighted by molar-refractivity contribution is 6.14. The first kappa shape index (κ1) is 21.7. The number of ketones is 1. The molecule has 0 amide bonds. The minimum absolute atomic E-state index is 0.00946. The molecule has 2 aliphatic heterocycles. The molecule has 1 aromatic carbocycles. The number of fused-ring (bicyclic) bond motifs is 2. The Bertz CT molecular complexity index is 876. The number of halogens is 3. The van der Waals surface area contributed by atoms with Crippen molar-refractivity contribution in [2.75, 3.05) is 31.6 Å². The van der Waals surface area contributed by atoms with Crippen LogP contribution in [0.25, 0.3) is 0 Å². The summed E-state index contributed by atoms with van der Waals surface area (Å²) in [6, 6.07) is 2.54. The topological polar surface area (TPSA) is 91.4 Å². The van der Waals surface area contributed by atoms with E-state index < -0.39 is 55.1 Å². The molecule has 3 rings (SSSR count). The number of esters is 2. The van der Waals surface area contributed by atoms with Crippen LogP contribution >= 0.6 is 0 Å². The molecule has 0 saturated heterocycles. The Morgan fingerprint density at radius 1 is 1.13 bits per heavy atom. The van der Waals surface area contributed by atoms with Crippen molar-refractivity contribution in [3.8, 4) is 11.5 Å². The lowest BCUT2D eigenvalue weighted by Gasteiger charge is -2.34. The first-order valence-corrected chi connectivity index (χ1v) is 9.00. The number of carbonyl (C=O) groups excluding carboxylic acids is 3. The molecular weight excluding hydrogens is 411 g/mol. The van der Waals surface area contributed by atoms with Crippen molar-refractivity contribution in [3.05, 3.63) is 17.7 Å². The molecule has 1 aromatic rings. The van der Waals surface area contributed by atoms with Crippen LogP contribution in [0.5, 0.6) is 11.5 Å². The van der Waals surface area contributed by atoms with Crippen molar-refractivity contribution < 1.29 is 46.5 Å². The fourth-order valence-corrected chi connectivity index (χ4v) is 2.99. The number of rotatable bonds is 4. The third-order valence-electron chi connectivity index (χ3n) is 4.47. The zero-order chi connectivity index (χ0) is 22.3. The first-order valence-electron chi connectivity index (χ1n) is 9.00. The Hall–Kier alpha value is -2.98. The van der Waals surface area contributed by atoms with Gasteiger partial charge in [-0.1, -0.05) is 0 Å². The van der Waals surface area contributed by atoms with E-state index in [2.05, 4.69) is 0 Å². The summed E-state index contributed by atoms with van der Waals surface area (Å²) >= 11 is 0. The molecular formula is C19H20F3NO7. The van der Waals surface area contributed by atoms with Crippen LogP contribution in [0.2, 0.25) is 0 Å². The molecule has 0 fully saturated rings. The molecule has 0 saturated carbocycles. The number of carbonyl (C=O) groups is 3.